The van der Waals surface area contributed by atoms with Gasteiger partial charge in [0, 0.05) is 31.4 Å². The van der Waals surface area contributed by atoms with Crippen molar-refractivity contribution in [3.8, 4) is 0 Å². The van der Waals surface area contributed by atoms with Crippen LogP contribution < -0.4 is 10.5 Å². The summed E-state index contributed by atoms with van der Waals surface area (Å²) in [5.74, 6) is 0.860. The predicted octanol–water partition coefficient (Wildman–Crippen LogP) is 2.14. The Labute approximate surface area is 187 Å². The fourth-order valence-electron chi connectivity index (χ4n) is 5.30. The van der Waals surface area contributed by atoms with Crippen LogP contribution in [-0.2, 0) is 0 Å². The molecule has 2 saturated heterocycles. The highest BCUT2D eigenvalue weighted by Gasteiger charge is 2.32. The molecule has 2 fully saturated rings. The van der Waals surface area contributed by atoms with Crippen LogP contribution in [0.4, 0.5) is 5.69 Å². The maximum atomic E-state index is 13.0. The van der Waals surface area contributed by atoms with E-state index in [1.807, 2.05) is 29.4 Å². The van der Waals surface area contributed by atoms with Gasteiger partial charge in [0.05, 0.1) is 23.5 Å². The number of fused-ring (bicyclic) bond motifs is 2. The highest BCUT2D eigenvalue weighted by molar-refractivity contribution is 6.13. The van der Waals surface area contributed by atoms with Gasteiger partial charge < -0.3 is 4.90 Å². The summed E-state index contributed by atoms with van der Waals surface area (Å²) < 4.78 is 1.65. The lowest BCUT2D eigenvalue weighted by Gasteiger charge is -2.24. The molecular formula is C24H29N7O. The van der Waals surface area contributed by atoms with Crippen molar-refractivity contribution in [2.45, 2.75) is 44.7 Å². The Balaban J connectivity index is 1.26. The molecule has 0 unspecified atom stereocenters. The van der Waals surface area contributed by atoms with Crippen LogP contribution >= 0.6 is 0 Å². The zero-order chi connectivity index (χ0) is 21.9. The minimum absolute atomic E-state index is 0.0838. The lowest BCUT2D eigenvalue weighted by molar-refractivity contribution is 0.260. The summed E-state index contributed by atoms with van der Waals surface area (Å²) in [7, 11) is 0. The van der Waals surface area contributed by atoms with Crippen molar-refractivity contribution in [2.24, 2.45) is 10.1 Å². The molecule has 0 aromatic carbocycles. The lowest BCUT2D eigenvalue weighted by Crippen LogP contribution is -2.35. The number of nitrogens with zero attached hydrogens (tertiary/aromatic N) is 7. The van der Waals surface area contributed by atoms with Crippen LogP contribution in [-0.4, -0.2) is 75.1 Å². The first-order valence-corrected chi connectivity index (χ1v) is 11.6. The summed E-state index contributed by atoms with van der Waals surface area (Å²) in [4.78, 5) is 27.4. The molecule has 8 nitrogen and oxygen atoms in total. The number of rotatable bonds is 3. The Morgan fingerprint density at radius 3 is 2.78 bits per heavy atom. The largest absolute Gasteiger partial charge is 0.369 e. The first-order chi connectivity index (χ1) is 15.4. The number of allylic oxidation sites excluding steroid dienone is 1. The summed E-state index contributed by atoms with van der Waals surface area (Å²) in [6, 6.07) is 6.25. The van der Waals surface area contributed by atoms with Gasteiger partial charge in [-0.25, -0.2) is 9.99 Å². The van der Waals surface area contributed by atoms with E-state index in [-0.39, 0.29) is 11.1 Å². The summed E-state index contributed by atoms with van der Waals surface area (Å²) in [5, 5.41) is 6.59. The van der Waals surface area contributed by atoms with Crippen LogP contribution in [0.1, 0.15) is 38.8 Å². The van der Waals surface area contributed by atoms with Gasteiger partial charge in [0.2, 0.25) is 0 Å². The summed E-state index contributed by atoms with van der Waals surface area (Å²) in [5.41, 5.74) is 2.78. The van der Waals surface area contributed by atoms with E-state index in [9.17, 15) is 4.79 Å². The molecule has 0 spiro atoms. The number of aromatic nitrogens is 2. The highest BCUT2D eigenvalue weighted by atomic mass is 16.1. The third-order valence-corrected chi connectivity index (χ3v) is 6.93. The fourth-order valence-corrected chi connectivity index (χ4v) is 5.30. The molecule has 2 aromatic heterocycles. The minimum Gasteiger partial charge on any atom is -0.369 e. The molecule has 0 amide bonds. The molecule has 1 atom stereocenters. The molecular weight excluding hydrogens is 402 g/mol. The van der Waals surface area contributed by atoms with Crippen molar-refractivity contribution in [3.05, 3.63) is 52.6 Å². The molecule has 0 N–H and O–H groups in total. The Kier molecular flexibility index (Phi) is 4.47. The maximum absolute atomic E-state index is 13.0. The zero-order valence-electron chi connectivity index (χ0n) is 18.7. The molecule has 4 aliphatic heterocycles. The molecule has 8 heteroatoms. The average Bonchev–Trinajstić information content (AvgIpc) is 3.51. The third kappa shape index (κ3) is 3.43. The smallest absolute Gasteiger partial charge is 0.258 e. The summed E-state index contributed by atoms with van der Waals surface area (Å²) in [6.07, 6.45) is 9.61. The van der Waals surface area contributed by atoms with Gasteiger partial charge >= 0.3 is 0 Å². The van der Waals surface area contributed by atoms with Crippen molar-refractivity contribution < 1.29 is 0 Å². The number of hydrogen-bond acceptors (Lipinski definition) is 7. The van der Waals surface area contributed by atoms with Crippen LogP contribution in [0.5, 0.6) is 0 Å². The zero-order valence-corrected chi connectivity index (χ0v) is 18.7. The Hall–Kier alpha value is -3.00. The number of hydrogen-bond donors (Lipinski definition) is 0. The number of pyridine rings is 1. The van der Waals surface area contributed by atoms with Gasteiger partial charge in [0.15, 0.2) is 0 Å². The second-order valence-electron chi connectivity index (χ2n) is 9.89. The van der Waals surface area contributed by atoms with Crippen LogP contribution in [0.25, 0.3) is 5.65 Å². The SMILES string of the molecule is CC1(C)CN2N=C(c3cc(=O)n4cc(N5CC[C@H](N6CCCC6)C5)ccc4n3)C=CC2=N1. The van der Waals surface area contributed by atoms with Crippen LogP contribution in [0.15, 0.2) is 51.4 Å². The Bertz CT molecular complexity index is 1220. The quantitative estimate of drug-likeness (QED) is 0.745. The average molecular weight is 432 g/mol. The second-order valence-corrected chi connectivity index (χ2v) is 9.89. The van der Waals surface area contributed by atoms with Crippen molar-refractivity contribution in [2.75, 3.05) is 37.6 Å². The summed E-state index contributed by atoms with van der Waals surface area (Å²) >= 11 is 0. The third-order valence-electron chi connectivity index (χ3n) is 6.93. The first-order valence-electron chi connectivity index (χ1n) is 11.6. The first kappa shape index (κ1) is 19.7. The lowest BCUT2D eigenvalue weighted by atomic mass is 10.1. The number of amidine groups is 1. The minimum atomic E-state index is -0.158. The summed E-state index contributed by atoms with van der Waals surface area (Å²) in [6.45, 7) is 9.42. The molecule has 0 aliphatic carbocycles. The predicted molar refractivity (Wildman–Crippen MR) is 127 cm³/mol. The van der Waals surface area contributed by atoms with Gasteiger partial charge in [-0.2, -0.15) is 5.10 Å². The molecule has 0 saturated carbocycles. The van der Waals surface area contributed by atoms with Crippen molar-refractivity contribution in [1.29, 1.82) is 0 Å². The number of aliphatic imine (C=N–C) groups is 1. The molecule has 2 aromatic rings. The molecule has 6 rings (SSSR count). The van der Waals surface area contributed by atoms with Crippen molar-refractivity contribution >= 4 is 22.9 Å². The van der Waals surface area contributed by atoms with E-state index < -0.39 is 0 Å². The van der Waals surface area contributed by atoms with E-state index >= 15 is 0 Å². The van der Waals surface area contributed by atoms with Gasteiger partial charge in [0.25, 0.3) is 5.56 Å². The monoisotopic (exact) mass is 431 g/mol. The van der Waals surface area contributed by atoms with Gasteiger partial charge in [0.1, 0.15) is 17.2 Å². The van der Waals surface area contributed by atoms with Crippen LogP contribution in [0, 0.1) is 0 Å². The van der Waals surface area contributed by atoms with Crippen molar-refractivity contribution in [3.63, 3.8) is 0 Å². The molecule has 0 bridgehead atoms. The normalized spacial score (nSPS) is 24.9. The van der Waals surface area contributed by atoms with Crippen LogP contribution in [0.2, 0.25) is 0 Å². The molecule has 32 heavy (non-hydrogen) atoms. The fraction of sp³-hybridized carbons (Fsp3) is 0.500. The maximum Gasteiger partial charge on any atom is 0.258 e. The van der Waals surface area contributed by atoms with Gasteiger partial charge in [-0.15, -0.1) is 0 Å². The van der Waals surface area contributed by atoms with E-state index in [1.54, 1.807) is 10.5 Å². The number of hydrazone groups is 1. The Morgan fingerprint density at radius 1 is 1.09 bits per heavy atom. The van der Waals surface area contributed by atoms with Gasteiger partial charge in [-0.1, -0.05) is 0 Å². The Morgan fingerprint density at radius 2 is 1.94 bits per heavy atom. The van der Waals surface area contributed by atoms with E-state index in [0.29, 0.717) is 23.1 Å². The number of anilines is 1. The van der Waals surface area contributed by atoms with Gasteiger partial charge in [-0.3, -0.25) is 19.1 Å². The van der Waals surface area contributed by atoms with Crippen molar-refractivity contribution in [1.82, 2.24) is 19.3 Å². The van der Waals surface area contributed by atoms with Gasteiger partial charge in [-0.05, 0) is 70.5 Å². The molecule has 6 heterocycles. The van der Waals surface area contributed by atoms with Crippen LogP contribution in [0.3, 0.4) is 0 Å². The van der Waals surface area contributed by atoms with E-state index in [0.717, 1.165) is 31.2 Å². The standard InChI is InChI=1S/C24H29N7O/c1-24(2)16-31-22(26-24)8-6-19(27-31)20-13-23(32)30-15-17(5-7-21(30)25-20)29-12-9-18(14-29)28-10-3-4-11-28/h5-8,13,15,18H,3-4,9-12,14,16H2,1-2H3/t18-/m0/s1. The van der Waals surface area contributed by atoms with E-state index in [1.165, 1.54) is 32.4 Å². The molecule has 4 aliphatic rings. The second kappa shape index (κ2) is 7.27. The van der Waals surface area contributed by atoms with E-state index in [4.69, 9.17) is 10.1 Å². The highest BCUT2D eigenvalue weighted by Crippen LogP contribution is 2.26. The van der Waals surface area contributed by atoms with E-state index in [2.05, 4.69) is 34.7 Å². The molecule has 0 radical (unpaired) electrons. The topological polar surface area (TPSA) is 68.8 Å². The molecule has 166 valence electrons. The number of likely N-dealkylation sites (tertiary alicyclic amines) is 1.